The highest BCUT2D eigenvalue weighted by molar-refractivity contribution is 9.10. The summed E-state index contributed by atoms with van der Waals surface area (Å²) in [6.45, 7) is 1.83. The van der Waals surface area contributed by atoms with Crippen molar-refractivity contribution in [1.29, 1.82) is 0 Å². The molecule has 0 atom stereocenters. The molecule has 0 bridgehead atoms. The molecular weight excluding hydrogens is 350 g/mol. The van der Waals surface area contributed by atoms with E-state index in [0.717, 1.165) is 10.2 Å². The molecule has 0 spiro atoms. The van der Waals surface area contributed by atoms with Gasteiger partial charge in [-0.1, -0.05) is 0 Å². The third kappa shape index (κ3) is 2.82. The maximum atomic E-state index is 11.9. The van der Waals surface area contributed by atoms with Gasteiger partial charge in [-0.25, -0.2) is 9.79 Å². The Morgan fingerprint density at radius 1 is 1.27 bits per heavy atom. The predicted molar refractivity (Wildman–Crippen MR) is 84.7 cm³/mol. The van der Waals surface area contributed by atoms with E-state index in [4.69, 9.17) is 13.9 Å². The lowest BCUT2D eigenvalue weighted by Crippen LogP contribution is -2.05. The van der Waals surface area contributed by atoms with Gasteiger partial charge < -0.3 is 13.9 Å². The number of rotatable bonds is 3. The Hall–Kier alpha value is -2.34. The van der Waals surface area contributed by atoms with Crippen LogP contribution in [0.3, 0.4) is 0 Å². The van der Waals surface area contributed by atoms with Gasteiger partial charge in [-0.05, 0) is 53.2 Å². The molecule has 0 N–H and O–H groups in total. The van der Waals surface area contributed by atoms with Gasteiger partial charge in [-0.15, -0.1) is 0 Å². The van der Waals surface area contributed by atoms with Crippen molar-refractivity contribution in [3.05, 3.63) is 57.6 Å². The van der Waals surface area contributed by atoms with Gasteiger partial charge in [0, 0.05) is 11.6 Å². The maximum absolute atomic E-state index is 11.9. The second-order valence-electron chi connectivity index (χ2n) is 4.63. The van der Waals surface area contributed by atoms with Crippen molar-refractivity contribution in [2.45, 2.75) is 6.92 Å². The molecule has 0 amide bonds. The number of carbonyl (C=O) groups excluding carboxylic acids is 1. The number of hydrogen-bond donors (Lipinski definition) is 0. The fourth-order valence-electron chi connectivity index (χ4n) is 2.00. The summed E-state index contributed by atoms with van der Waals surface area (Å²) in [4.78, 5) is 16.1. The summed E-state index contributed by atoms with van der Waals surface area (Å²) in [5.41, 5.74) is 0.886. The molecule has 0 unspecified atom stereocenters. The summed E-state index contributed by atoms with van der Waals surface area (Å²) in [6.07, 6.45) is 1.56. The molecule has 22 heavy (non-hydrogen) atoms. The first kappa shape index (κ1) is 14.6. The van der Waals surface area contributed by atoms with Gasteiger partial charge in [0.15, 0.2) is 5.70 Å². The standard InChI is InChI=1S/C16H12BrNO4/c1-9-3-5-11(21-9)8-13-16(19)22-15(18-13)10-4-6-14(20-2)12(17)7-10/h3-8H,1-2H3/b13-8-. The molecule has 2 aromatic rings. The van der Waals surface area contributed by atoms with Crippen molar-refractivity contribution < 1.29 is 18.7 Å². The van der Waals surface area contributed by atoms with Crippen molar-refractivity contribution in [3.8, 4) is 5.75 Å². The number of furan rings is 1. The second kappa shape index (κ2) is 5.81. The third-order valence-corrected chi connectivity index (χ3v) is 3.68. The highest BCUT2D eigenvalue weighted by atomic mass is 79.9. The molecule has 6 heteroatoms. The molecule has 0 saturated heterocycles. The van der Waals surface area contributed by atoms with Gasteiger partial charge in [0.2, 0.25) is 5.90 Å². The average Bonchev–Trinajstić information content (AvgIpc) is 3.06. The van der Waals surface area contributed by atoms with Crippen LogP contribution in [-0.4, -0.2) is 19.0 Å². The zero-order valence-corrected chi connectivity index (χ0v) is 13.5. The number of esters is 1. The highest BCUT2D eigenvalue weighted by Gasteiger charge is 2.25. The summed E-state index contributed by atoms with van der Waals surface area (Å²) in [5, 5.41) is 0. The summed E-state index contributed by atoms with van der Waals surface area (Å²) in [7, 11) is 1.58. The average molecular weight is 362 g/mol. The van der Waals surface area contributed by atoms with Crippen LogP contribution in [-0.2, 0) is 9.53 Å². The molecule has 5 nitrogen and oxygen atoms in total. The Kier molecular flexibility index (Phi) is 3.85. The van der Waals surface area contributed by atoms with E-state index in [0.29, 0.717) is 17.1 Å². The number of halogens is 1. The molecule has 0 saturated carbocycles. The van der Waals surface area contributed by atoms with Crippen LogP contribution in [0.1, 0.15) is 17.1 Å². The molecule has 1 aliphatic heterocycles. The van der Waals surface area contributed by atoms with Gasteiger partial charge in [-0.2, -0.15) is 0 Å². The van der Waals surface area contributed by atoms with E-state index in [9.17, 15) is 4.79 Å². The van der Waals surface area contributed by atoms with Crippen LogP contribution < -0.4 is 4.74 Å². The largest absolute Gasteiger partial charge is 0.496 e. The molecule has 112 valence electrons. The monoisotopic (exact) mass is 361 g/mol. The van der Waals surface area contributed by atoms with Crippen LogP contribution >= 0.6 is 15.9 Å². The van der Waals surface area contributed by atoms with E-state index in [1.807, 2.05) is 13.0 Å². The Labute approximate surface area is 135 Å². The molecule has 2 heterocycles. The van der Waals surface area contributed by atoms with Crippen LogP contribution in [0.15, 0.2) is 49.9 Å². The lowest BCUT2D eigenvalue weighted by Gasteiger charge is -2.05. The minimum atomic E-state index is -0.504. The van der Waals surface area contributed by atoms with Crippen molar-refractivity contribution in [2.75, 3.05) is 7.11 Å². The van der Waals surface area contributed by atoms with Crippen LogP contribution in [0.25, 0.3) is 6.08 Å². The van der Waals surface area contributed by atoms with Crippen molar-refractivity contribution in [2.24, 2.45) is 4.99 Å². The topological polar surface area (TPSA) is 61.0 Å². The molecular formula is C16H12BrNO4. The number of nitrogens with zero attached hydrogens (tertiary/aromatic N) is 1. The van der Waals surface area contributed by atoms with Gasteiger partial charge in [-0.3, -0.25) is 0 Å². The molecule has 1 aliphatic rings. The first-order valence-electron chi connectivity index (χ1n) is 6.50. The first-order chi connectivity index (χ1) is 10.6. The minimum Gasteiger partial charge on any atom is -0.496 e. The van der Waals surface area contributed by atoms with Gasteiger partial charge in [0.05, 0.1) is 11.6 Å². The van der Waals surface area contributed by atoms with E-state index in [1.165, 1.54) is 0 Å². The van der Waals surface area contributed by atoms with Crippen LogP contribution in [0.2, 0.25) is 0 Å². The number of aliphatic imine (C=N–C) groups is 1. The molecule has 0 radical (unpaired) electrons. The lowest BCUT2D eigenvalue weighted by molar-refractivity contribution is -0.129. The number of benzene rings is 1. The summed E-state index contributed by atoms with van der Waals surface area (Å²) >= 11 is 3.39. The maximum Gasteiger partial charge on any atom is 0.363 e. The SMILES string of the molecule is COc1ccc(C2=N/C(=C\c3ccc(C)o3)C(=O)O2)cc1Br. The van der Waals surface area contributed by atoms with E-state index < -0.39 is 5.97 Å². The highest BCUT2D eigenvalue weighted by Crippen LogP contribution is 2.28. The minimum absolute atomic E-state index is 0.205. The summed E-state index contributed by atoms with van der Waals surface area (Å²) < 4.78 is 16.5. The van der Waals surface area contributed by atoms with Gasteiger partial charge in [0.25, 0.3) is 0 Å². The van der Waals surface area contributed by atoms with Gasteiger partial charge in [0.1, 0.15) is 17.3 Å². The Morgan fingerprint density at radius 3 is 2.73 bits per heavy atom. The van der Waals surface area contributed by atoms with Crippen LogP contribution in [0.4, 0.5) is 0 Å². The number of hydrogen-bond acceptors (Lipinski definition) is 5. The number of carbonyl (C=O) groups is 1. The zero-order valence-electron chi connectivity index (χ0n) is 11.9. The summed E-state index contributed by atoms with van der Waals surface area (Å²) in [5.74, 6) is 1.77. The van der Waals surface area contributed by atoms with Crippen molar-refractivity contribution in [3.63, 3.8) is 0 Å². The van der Waals surface area contributed by atoms with Crippen LogP contribution in [0.5, 0.6) is 5.75 Å². The predicted octanol–water partition coefficient (Wildman–Crippen LogP) is 3.70. The van der Waals surface area contributed by atoms with Gasteiger partial charge >= 0.3 is 5.97 Å². The smallest absolute Gasteiger partial charge is 0.363 e. The number of methoxy groups -OCH3 is 1. The Bertz CT molecular complexity index is 804. The number of aryl methyl sites for hydroxylation is 1. The Morgan fingerprint density at radius 2 is 2.09 bits per heavy atom. The lowest BCUT2D eigenvalue weighted by atomic mass is 10.2. The number of cyclic esters (lactones) is 1. The fourth-order valence-corrected chi connectivity index (χ4v) is 2.54. The summed E-state index contributed by atoms with van der Waals surface area (Å²) in [6, 6.07) is 8.92. The molecule has 1 aromatic heterocycles. The van der Waals surface area contributed by atoms with Crippen molar-refractivity contribution >= 4 is 33.9 Å². The van der Waals surface area contributed by atoms with E-state index in [1.54, 1.807) is 37.5 Å². The third-order valence-electron chi connectivity index (χ3n) is 3.06. The van der Waals surface area contributed by atoms with E-state index >= 15 is 0 Å². The first-order valence-corrected chi connectivity index (χ1v) is 7.29. The molecule has 1 aromatic carbocycles. The van der Waals surface area contributed by atoms with Crippen LogP contribution in [0, 0.1) is 6.92 Å². The zero-order chi connectivity index (χ0) is 15.7. The normalized spacial score (nSPS) is 15.9. The van der Waals surface area contributed by atoms with Crippen molar-refractivity contribution in [1.82, 2.24) is 0 Å². The van der Waals surface area contributed by atoms with E-state index in [-0.39, 0.29) is 11.6 Å². The Balaban J connectivity index is 1.93. The molecule has 0 aliphatic carbocycles. The fraction of sp³-hybridized carbons (Fsp3) is 0.125. The quantitative estimate of drug-likeness (QED) is 0.617. The molecule has 3 rings (SSSR count). The molecule has 0 fully saturated rings. The van der Waals surface area contributed by atoms with E-state index in [2.05, 4.69) is 20.9 Å². The second-order valence-corrected chi connectivity index (χ2v) is 5.49. The number of ether oxygens (including phenoxy) is 2.